The number of rotatable bonds is 6. The lowest BCUT2D eigenvalue weighted by molar-refractivity contribution is -0.308. The summed E-state index contributed by atoms with van der Waals surface area (Å²) in [6.45, 7) is 1.61. The Hall–Kier alpha value is -3.03. The second-order valence-electron chi connectivity index (χ2n) is 6.74. The molecule has 1 atom stereocenters. The number of amides is 1. The fraction of sp³-hybridized carbons (Fsp3) is 0.190. The van der Waals surface area contributed by atoms with E-state index in [1.165, 1.54) is 12.1 Å². The third-order valence-electron chi connectivity index (χ3n) is 4.66. The van der Waals surface area contributed by atoms with E-state index in [9.17, 15) is 24.6 Å². The van der Waals surface area contributed by atoms with Gasteiger partial charge in [-0.05, 0) is 42.7 Å². The first-order valence-electron chi connectivity index (χ1n) is 8.85. The van der Waals surface area contributed by atoms with E-state index in [1.807, 2.05) is 0 Å². The molecule has 0 aliphatic carbocycles. The van der Waals surface area contributed by atoms with Crippen molar-refractivity contribution in [3.63, 3.8) is 0 Å². The summed E-state index contributed by atoms with van der Waals surface area (Å²) in [6, 6.07) is 7.86. The minimum atomic E-state index is -1.46. The number of hydrogen-bond donors (Lipinski definition) is 2. The number of phenols is 1. The molecule has 30 heavy (non-hydrogen) atoms. The molecule has 7 nitrogen and oxygen atoms in total. The van der Waals surface area contributed by atoms with Gasteiger partial charge in [0.1, 0.15) is 11.3 Å². The zero-order chi connectivity index (χ0) is 22.0. The smallest absolute Gasteiger partial charge is 0.340 e. The van der Waals surface area contributed by atoms with Gasteiger partial charge in [-0.2, -0.15) is 0 Å². The first kappa shape index (κ1) is 21.7. The molecule has 0 radical (unpaired) electrons. The predicted molar refractivity (Wildman–Crippen MR) is 110 cm³/mol. The van der Waals surface area contributed by atoms with Gasteiger partial charge in [-0.3, -0.25) is 4.79 Å². The molecule has 1 heterocycles. The number of nitrogens with one attached hydrogen (secondary N) is 1. The highest BCUT2D eigenvalue weighted by Crippen LogP contribution is 2.30. The van der Waals surface area contributed by atoms with Gasteiger partial charge in [-0.15, -0.1) is 0 Å². The lowest BCUT2D eigenvalue weighted by Gasteiger charge is -2.20. The van der Waals surface area contributed by atoms with Crippen LogP contribution in [-0.4, -0.2) is 23.0 Å². The largest absolute Gasteiger partial charge is 0.548 e. The Labute approximate surface area is 180 Å². The standard InChI is InChI=1S/C21H17Cl2NO6/c1-10-13-7-15(23)17(25)9-18(13)30-21(29)14(10)8-19(26)24-16(20(27)28)6-11-2-4-12(22)5-3-11/h2-5,7,9,16,25H,6,8H2,1H3,(H,24,26)(H,27,28)/p-1/t16-/m1/s1. The Balaban J connectivity index is 1.82. The normalized spacial score (nSPS) is 12.0. The van der Waals surface area contributed by atoms with Crippen molar-refractivity contribution in [2.45, 2.75) is 25.8 Å². The number of aryl methyl sites for hydroxylation is 1. The SMILES string of the molecule is Cc1c(CC(=O)N[C@H](Cc2ccc(Cl)cc2)C(=O)[O-])c(=O)oc2cc(O)c(Cl)cc12. The molecule has 2 aromatic carbocycles. The number of carboxylic acid groups (broad SMARTS) is 1. The first-order chi connectivity index (χ1) is 14.2. The number of aromatic hydroxyl groups is 1. The fourth-order valence-corrected chi connectivity index (χ4v) is 3.35. The molecule has 156 valence electrons. The molecule has 0 fully saturated rings. The molecule has 0 aliphatic rings. The van der Waals surface area contributed by atoms with Crippen LogP contribution in [-0.2, 0) is 22.4 Å². The Kier molecular flexibility index (Phi) is 6.34. The highest BCUT2D eigenvalue weighted by Gasteiger charge is 2.19. The number of hydrogen-bond acceptors (Lipinski definition) is 6. The van der Waals surface area contributed by atoms with E-state index in [0.717, 1.165) is 0 Å². The summed E-state index contributed by atoms with van der Waals surface area (Å²) in [5, 5.41) is 24.5. The van der Waals surface area contributed by atoms with Gasteiger partial charge in [0, 0.05) is 16.5 Å². The van der Waals surface area contributed by atoms with Crippen LogP contribution in [0.4, 0.5) is 0 Å². The van der Waals surface area contributed by atoms with Gasteiger partial charge in [0.2, 0.25) is 5.91 Å². The summed E-state index contributed by atoms with van der Waals surface area (Å²) in [4.78, 5) is 36.3. The van der Waals surface area contributed by atoms with E-state index in [2.05, 4.69) is 5.32 Å². The topological polar surface area (TPSA) is 120 Å². The predicted octanol–water partition coefficient (Wildman–Crippen LogP) is 2.13. The summed E-state index contributed by atoms with van der Waals surface area (Å²) >= 11 is 11.7. The molecule has 0 bridgehead atoms. The minimum absolute atomic E-state index is 0.00850. The van der Waals surface area contributed by atoms with Gasteiger partial charge >= 0.3 is 5.63 Å². The number of benzene rings is 2. The van der Waals surface area contributed by atoms with Crippen molar-refractivity contribution in [3.8, 4) is 5.75 Å². The second-order valence-corrected chi connectivity index (χ2v) is 7.58. The van der Waals surface area contributed by atoms with Gasteiger partial charge in [0.15, 0.2) is 0 Å². The molecule has 1 amide bonds. The maximum atomic E-state index is 12.5. The van der Waals surface area contributed by atoms with Crippen LogP contribution in [0.2, 0.25) is 10.0 Å². The highest BCUT2D eigenvalue weighted by atomic mass is 35.5. The molecule has 9 heteroatoms. The van der Waals surface area contributed by atoms with Gasteiger partial charge in [-0.25, -0.2) is 4.79 Å². The Morgan fingerprint density at radius 2 is 1.87 bits per heavy atom. The van der Waals surface area contributed by atoms with Crippen molar-refractivity contribution in [2.75, 3.05) is 0 Å². The van der Waals surface area contributed by atoms with E-state index in [4.69, 9.17) is 27.6 Å². The van der Waals surface area contributed by atoms with Gasteiger partial charge in [-0.1, -0.05) is 35.3 Å². The van der Waals surface area contributed by atoms with Crippen LogP contribution in [0, 0.1) is 6.92 Å². The van der Waals surface area contributed by atoms with E-state index in [1.54, 1.807) is 31.2 Å². The van der Waals surface area contributed by atoms with Gasteiger partial charge in [0.05, 0.1) is 29.0 Å². The van der Waals surface area contributed by atoms with Crippen molar-refractivity contribution < 1.29 is 24.2 Å². The zero-order valence-corrected chi connectivity index (χ0v) is 17.2. The third-order valence-corrected chi connectivity index (χ3v) is 5.22. The molecular formula is C21H16Cl2NO6-. The molecular weight excluding hydrogens is 433 g/mol. The fourth-order valence-electron chi connectivity index (χ4n) is 3.06. The van der Waals surface area contributed by atoms with Gasteiger partial charge in [0.25, 0.3) is 0 Å². The number of carboxylic acids is 1. The van der Waals surface area contributed by atoms with E-state index >= 15 is 0 Å². The maximum Gasteiger partial charge on any atom is 0.340 e. The van der Waals surface area contributed by atoms with Crippen molar-refractivity contribution in [1.29, 1.82) is 0 Å². The lowest BCUT2D eigenvalue weighted by atomic mass is 10.0. The summed E-state index contributed by atoms with van der Waals surface area (Å²) < 4.78 is 5.17. The number of phenolic OH excluding ortho intramolecular Hbond substituents is 1. The lowest BCUT2D eigenvalue weighted by Crippen LogP contribution is -2.49. The van der Waals surface area contributed by atoms with Crippen LogP contribution >= 0.6 is 23.2 Å². The summed E-state index contributed by atoms with van der Waals surface area (Å²) in [7, 11) is 0. The van der Waals surface area contributed by atoms with Crippen LogP contribution in [0.15, 0.2) is 45.6 Å². The molecule has 1 aromatic heterocycles. The van der Waals surface area contributed by atoms with Crippen LogP contribution in [0.3, 0.4) is 0 Å². The van der Waals surface area contributed by atoms with Crippen LogP contribution < -0.4 is 16.0 Å². The van der Waals surface area contributed by atoms with Crippen molar-refractivity contribution in [3.05, 3.63) is 73.6 Å². The van der Waals surface area contributed by atoms with Gasteiger partial charge < -0.3 is 24.7 Å². The third kappa shape index (κ3) is 4.75. The molecule has 3 rings (SSSR count). The van der Waals surface area contributed by atoms with E-state index in [0.29, 0.717) is 21.5 Å². The molecule has 0 saturated carbocycles. The number of halogens is 2. The zero-order valence-electron chi connectivity index (χ0n) is 15.7. The minimum Gasteiger partial charge on any atom is -0.548 e. The molecule has 2 N–H and O–H groups in total. The Morgan fingerprint density at radius 1 is 1.20 bits per heavy atom. The average molecular weight is 449 g/mol. The molecule has 0 aliphatic heterocycles. The number of carbonyl (C=O) groups is 2. The summed E-state index contributed by atoms with van der Waals surface area (Å²) in [5.74, 6) is -2.38. The number of fused-ring (bicyclic) bond motifs is 1. The Bertz CT molecular complexity index is 1190. The quantitative estimate of drug-likeness (QED) is 0.557. The maximum absolute atomic E-state index is 12.5. The molecule has 0 unspecified atom stereocenters. The average Bonchev–Trinajstić information content (AvgIpc) is 2.68. The molecule has 0 spiro atoms. The van der Waals surface area contributed by atoms with E-state index in [-0.39, 0.29) is 28.3 Å². The monoisotopic (exact) mass is 448 g/mol. The Morgan fingerprint density at radius 3 is 2.50 bits per heavy atom. The van der Waals surface area contributed by atoms with E-state index < -0.39 is 30.0 Å². The number of carbonyl (C=O) groups excluding carboxylic acids is 2. The second kappa shape index (κ2) is 8.77. The van der Waals surface area contributed by atoms with Crippen LogP contribution in [0.25, 0.3) is 11.0 Å². The van der Waals surface area contributed by atoms with Crippen molar-refractivity contribution in [2.24, 2.45) is 0 Å². The van der Waals surface area contributed by atoms with Crippen molar-refractivity contribution >= 4 is 46.0 Å². The summed E-state index contributed by atoms with van der Waals surface area (Å²) in [5.41, 5.74) is 0.509. The number of aliphatic carboxylic acids is 1. The van der Waals surface area contributed by atoms with Crippen LogP contribution in [0.1, 0.15) is 16.7 Å². The molecule has 3 aromatic rings. The van der Waals surface area contributed by atoms with Crippen molar-refractivity contribution in [1.82, 2.24) is 5.32 Å². The molecule has 0 saturated heterocycles. The highest BCUT2D eigenvalue weighted by molar-refractivity contribution is 6.32. The van der Waals surface area contributed by atoms with Crippen LogP contribution in [0.5, 0.6) is 5.75 Å². The first-order valence-corrected chi connectivity index (χ1v) is 9.60. The summed E-state index contributed by atoms with van der Waals surface area (Å²) in [6.07, 6.45) is -0.404.